The van der Waals surface area contributed by atoms with Gasteiger partial charge in [-0.2, -0.15) is 0 Å². The third kappa shape index (κ3) is 5.87. The van der Waals surface area contributed by atoms with Gasteiger partial charge in [-0.05, 0) is 43.9 Å². The molecule has 0 heterocycles. The molecule has 1 aliphatic carbocycles. The second kappa shape index (κ2) is 9.49. The number of nitrogens with zero attached hydrogens (tertiary/aromatic N) is 2. The Hall–Kier alpha value is -3.26. The van der Waals surface area contributed by atoms with Crippen molar-refractivity contribution < 1.29 is 14.5 Å². The van der Waals surface area contributed by atoms with E-state index in [4.69, 9.17) is 0 Å². The maximum Gasteiger partial charge on any atom is 0.271 e. The number of amides is 2. The zero-order chi connectivity index (χ0) is 21.7. The first-order valence-electron chi connectivity index (χ1n) is 9.98. The van der Waals surface area contributed by atoms with Gasteiger partial charge in [0.05, 0.1) is 11.5 Å². The van der Waals surface area contributed by atoms with Crippen molar-refractivity contribution >= 4 is 28.9 Å². The van der Waals surface area contributed by atoms with Gasteiger partial charge in [-0.3, -0.25) is 24.6 Å². The lowest BCUT2D eigenvalue weighted by Crippen LogP contribution is -2.37. The summed E-state index contributed by atoms with van der Waals surface area (Å²) >= 11 is 0. The molecule has 2 N–H and O–H groups in total. The second-order valence-electron chi connectivity index (χ2n) is 7.62. The minimum atomic E-state index is -0.501. The van der Waals surface area contributed by atoms with Gasteiger partial charge in [0.25, 0.3) is 5.69 Å². The minimum absolute atomic E-state index is 0.0735. The van der Waals surface area contributed by atoms with Gasteiger partial charge >= 0.3 is 0 Å². The summed E-state index contributed by atoms with van der Waals surface area (Å²) in [7, 11) is 0. The van der Waals surface area contributed by atoms with Crippen molar-refractivity contribution in [3.8, 4) is 0 Å². The minimum Gasteiger partial charge on any atom is -0.326 e. The highest BCUT2D eigenvalue weighted by molar-refractivity contribution is 5.94. The molecule has 1 aliphatic rings. The van der Waals surface area contributed by atoms with Crippen LogP contribution in [0.5, 0.6) is 0 Å². The summed E-state index contributed by atoms with van der Waals surface area (Å²) < 4.78 is 0. The van der Waals surface area contributed by atoms with Crippen molar-refractivity contribution in [1.82, 2.24) is 4.90 Å². The highest BCUT2D eigenvalue weighted by Gasteiger charge is 2.30. The molecular formula is C22H26N4O4. The number of hydrogen-bond donors (Lipinski definition) is 2. The van der Waals surface area contributed by atoms with E-state index in [1.807, 2.05) is 36.9 Å². The van der Waals surface area contributed by atoms with Gasteiger partial charge in [0, 0.05) is 42.5 Å². The van der Waals surface area contributed by atoms with E-state index < -0.39 is 4.92 Å². The van der Waals surface area contributed by atoms with Gasteiger partial charge < -0.3 is 10.6 Å². The highest BCUT2D eigenvalue weighted by atomic mass is 16.6. The van der Waals surface area contributed by atoms with Gasteiger partial charge in [0.1, 0.15) is 0 Å². The first-order valence-corrected chi connectivity index (χ1v) is 9.98. The largest absolute Gasteiger partial charge is 0.326 e. The van der Waals surface area contributed by atoms with Crippen LogP contribution in [0.3, 0.4) is 0 Å². The van der Waals surface area contributed by atoms with Crippen LogP contribution in [-0.2, 0) is 9.59 Å². The lowest BCUT2D eigenvalue weighted by atomic mass is 10.1. The Kier molecular flexibility index (Phi) is 6.79. The average Bonchev–Trinajstić information content (AvgIpc) is 3.53. The van der Waals surface area contributed by atoms with Gasteiger partial charge in [-0.25, -0.2) is 0 Å². The van der Waals surface area contributed by atoms with Crippen LogP contribution in [0.15, 0.2) is 42.5 Å². The Balaban J connectivity index is 1.53. The lowest BCUT2D eigenvalue weighted by molar-refractivity contribution is -0.384. The number of non-ortho nitro benzene ring substituents is 1. The number of hydrogen-bond acceptors (Lipinski definition) is 5. The van der Waals surface area contributed by atoms with Gasteiger partial charge in [0.15, 0.2) is 0 Å². The number of benzene rings is 2. The molecule has 30 heavy (non-hydrogen) atoms. The zero-order valence-corrected chi connectivity index (χ0v) is 17.2. The van der Waals surface area contributed by atoms with E-state index in [1.165, 1.54) is 18.2 Å². The second-order valence-corrected chi connectivity index (χ2v) is 7.62. The molecule has 1 fully saturated rings. The maximum atomic E-state index is 12.6. The van der Waals surface area contributed by atoms with Crippen molar-refractivity contribution in [1.29, 1.82) is 0 Å². The fourth-order valence-electron chi connectivity index (χ4n) is 3.37. The molecule has 2 amide bonds. The average molecular weight is 410 g/mol. The van der Waals surface area contributed by atoms with E-state index in [9.17, 15) is 19.7 Å². The number of para-hydroxylation sites is 1. The third-order valence-corrected chi connectivity index (χ3v) is 5.12. The smallest absolute Gasteiger partial charge is 0.271 e. The SMILES string of the molecule is Cc1cccc(C)c1NC(=O)CN(CCC(=O)Nc1cccc([N+](=O)[O-])c1)C1CC1. The van der Waals surface area contributed by atoms with Gasteiger partial charge in [-0.1, -0.05) is 24.3 Å². The number of carbonyl (C=O) groups is 2. The van der Waals surface area contributed by atoms with Crippen molar-refractivity contribution in [3.63, 3.8) is 0 Å². The van der Waals surface area contributed by atoms with Crippen molar-refractivity contribution in [2.75, 3.05) is 23.7 Å². The summed E-state index contributed by atoms with van der Waals surface area (Å²) in [5.74, 6) is -0.338. The number of nitro groups is 1. The Bertz CT molecular complexity index is 936. The highest BCUT2D eigenvalue weighted by Crippen LogP contribution is 2.27. The summed E-state index contributed by atoms with van der Waals surface area (Å²) in [5.41, 5.74) is 3.17. The van der Waals surface area contributed by atoms with Crippen LogP contribution in [0.4, 0.5) is 17.1 Å². The summed E-state index contributed by atoms with van der Waals surface area (Å²) in [6, 6.07) is 12.0. The maximum absolute atomic E-state index is 12.6. The van der Waals surface area contributed by atoms with Gasteiger partial charge in [-0.15, -0.1) is 0 Å². The molecule has 0 bridgehead atoms. The van der Waals surface area contributed by atoms with Crippen molar-refractivity contribution in [3.05, 3.63) is 63.7 Å². The van der Waals surface area contributed by atoms with Crippen LogP contribution < -0.4 is 10.6 Å². The fourth-order valence-corrected chi connectivity index (χ4v) is 3.37. The first kappa shape index (κ1) is 21.4. The quantitative estimate of drug-likeness (QED) is 0.485. The van der Waals surface area contributed by atoms with Crippen LogP contribution in [0.2, 0.25) is 0 Å². The van der Waals surface area contributed by atoms with E-state index in [1.54, 1.807) is 6.07 Å². The van der Waals surface area contributed by atoms with Crippen LogP contribution in [0.1, 0.15) is 30.4 Å². The molecule has 0 unspecified atom stereocenters. The van der Waals surface area contributed by atoms with E-state index in [2.05, 4.69) is 10.6 Å². The molecule has 0 radical (unpaired) electrons. The summed E-state index contributed by atoms with van der Waals surface area (Å²) in [5, 5.41) is 16.5. The molecule has 2 aromatic rings. The predicted octanol–water partition coefficient (Wildman–Crippen LogP) is 3.64. The Morgan fingerprint density at radius 3 is 2.37 bits per heavy atom. The third-order valence-electron chi connectivity index (χ3n) is 5.12. The number of rotatable bonds is 9. The molecule has 0 atom stereocenters. The van der Waals surface area contributed by atoms with E-state index in [-0.39, 0.29) is 30.5 Å². The topological polar surface area (TPSA) is 105 Å². The molecule has 1 saturated carbocycles. The summed E-state index contributed by atoms with van der Waals surface area (Å²) in [4.78, 5) is 37.3. The molecule has 0 spiro atoms. The number of carbonyl (C=O) groups excluding carboxylic acids is 2. The molecule has 2 aromatic carbocycles. The van der Waals surface area contributed by atoms with E-state index in [0.29, 0.717) is 18.3 Å². The van der Waals surface area contributed by atoms with E-state index in [0.717, 1.165) is 29.7 Å². The number of aryl methyl sites for hydroxylation is 2. The Labute approximate surface area is 175 Å². The molecule has 8 heteroatoms. The molecule has 158 valence electrons. The summed E-state index contributed by atoms with van der Waals surface area (Å²) in [6.45, 7) is 4.59. The Morgan fingerprint density at radius 1 is 1.07 bits per heavy atom. The van der Waals surface area contributed by atoms with Crippen molar-refractivity contribution in [2.24, 2.45) is 0 Å². The Morgan fingerprint density at radius 2 is 1.73 bits per heavy atom. The first-order chi connectivity index (χ1) is 14.3. The van der Waals surface area contributed by atoms with Gasteiger partial charge in [0.2, 0.25) is 11.8 Å². The normalized spacial score (nSPS) is 13.2. The number of nitro benzene ring substituents is 1. The molecule has 0 saturated heterocycles. The molecular weight excluding hydrogens is 384 g/mol. The zero-order valence-electron chi connectivity index (χ0n) is 17.2. The molecule has 8 nitrogen and oxygen atoms in total. The lowest BCUT2D eigenvalue weighted by Gasteiger charge is -2.22. The summed E-state index contributed by atoms with van der Waals surface area (Å²) in [6.07, 6.45) is 2.24. The molecule has 0 aliphatic heterocycles. The molecule has 0 aromatic heterocycles. The van der Waals surface area contributed by atoms with Crippen LogP contribution in [0, 0.1) is 24.0 Å². The fraction of sp³-hybridized carbons (Fsp3) is 0.364. The van der Waals surface area contributed by atoms with Crippen LogP contribution in [0.25, 0.3) is 0 Å². The van der Waals surface area contributed by atoms with Crippen LogP contribution >= 0.6 is 0 Å². The number of nitrogens with one attached hydrogen (secondary N) is 2. The van der Waals surface area contributed by atoms with Crippen molar-refractivity contribution in [2.45, 2.75) is 39.2 Å². The predicted molar refractivity (Wildman–Crippen MR) is 115 cm³/mol. The standard InChI is InChI=1S/C22H26N4O4/c1-15-5-3-6-16(2)22(15)24-21(28)14-25(18-9-10-18)12-11-20(27)23-17-7-4-8-19(13-17)26(29)30/h3-8,13,18H,9-12,14H2,1-2H3,(H,23,27)(H,24,28). The number of anilines is 2. The monoisotopic (exact) mass is 410 g/mol. The molecule has 3 rings (SSSR count). The van der Waals surface area contributed by atoms with Crippen LogP contribution in [-0.4, -0.2) is 40.8 Å². The van der Waals surface area contributed by atoms with E-state index >= 15 is 0 Å².